The second kappa shape index (κ2) is 4.00. The molecule has 0 saturated carbocycles. The molecule has 0 aliphatic rings. The van der Waals surface area contributed by atoms with E-state index < -0.39 is 6.10 Å². The Labute approximate surface area is 84.5 Å². The van der Waals surface area contributed by atoms with Crippen LogP contribution in [0.5, 0.6) is 0 Å². The number of hydrogen-bond donors (Lipinski definition) is 1. The lowest BCUT2D eigenvalue weighted by Gasteiger charge is -2.05. The van der Waals surface area contributed by atoms with Crippen LogP contribution in [-0.2, 0) is 6.42 Å². The topological polar surface area (TPSA) is 33.1 Å². The number of aromatic nitrogens is 1. The van der Waals surface area contributed by atoms with Crippen LogP contribution in [0, 0.1) is 0 Å². The van der Waals surface area contributed by atoms with Crippen molar-refractivity contribution in [2.24, 2.45) is 0 Å². The third-order valence-corrected chi connectivity index (χ3v) is 3.28. The minimum absolute atomic E-state index is 0.405. The van der Waals surface area contributed by atoms with E-state index in [2.05, 4.69) is 4.98 Å². The van der Waals surface area contributed by atoms with Crippen molar-refractivity contribution in [2.45, 2.75) is 12.5 Å². The molecule has 2 heterocycles. The molecular formula is C9H9NOS2. The van der Waals surface area contributed by atoms with E-state index in [1.807, 2.05) is 22.2 Å². The lowest BCUT2D eigenvalue weighted by atomic mass is 10.1. The molecule has 0 spiro atoms. The zero-order valence-corrected chi connectivity index (χ0v) is 8.52. The van der Waals surface area contributed by atoms with Crippen LogP contribution >= 0.6 is 22.7 Å². The summed E-state index contributed by atoms with van der Waals surface area (Å²) in [6, 6.07) is 1.95. The van der Waals surface area contributed by atoms with E-state index in [-0.39, 0.29) is 0 Å². The predicted molar refractivity (Wildman–Crippen MR) is 55.1 cm³/mol. The number of thiophene rings is 1. The van der Waals surface area contributed by atoms with Gasteiger partial charge in [0.05, 0.1) is 11.1 Å². The summed E-state index contributed by atoms with van der Waals surface area (Å²) in [6.45, 7) is 0. The summed E-state index contributed by atoms with van der Waals surface area (Å²) < 4.78 is 0. The number of aliphatic hydroxyl groups is 1. The van der Waals surface area contributed by atoms with E-state index in [9.17, 15) is 5.11 Å². The monoisotopic (exact) mass is 211 g/mol. The van der Waals surface area contributed by atoms with Gasteiger partial charge in [-0.1, -0.05) is 0 Å². The van der Waals surface area contributed by atoms with Gasteiger partial charge in [-0.3, -0.25) is 0 Å². The fraction of sp³-hybridized carbons (Fsp3) is 0.222. The molecule has 4 heteroatoms. The summed E-state index contributed by atoms with van der Waals surface area (Å²) in [4.78, 5) is 4.13. The van der Waals surface area contributed by atoms with Crippen LogP contribution in [0.4, 0.5) is 0 Å². The fourth-order valence-electron chi connectivity index (χ4n) is 1.10. The third-order valence-electron chi connectivity index (χ3n) is 1.78. The van der Waals surface area contributed by atoms with Gasteiger partial charge >= 0.3 is 0 Å². The minimum Gasteiger partial charge on any atom is -0.388 e. The molecule has 2 aromatic heterocycles. The highest BCUT2D eigenvalue weighted by atomic mass is 32.1. The van der Waals surface area contributed by atoms with Gasteiger partial charge in [-0.15, -0.1) is 11.3 Å². The van der Waals surface area contributed by atoms with Crippen LogP contribution in [-0.4, -0.2) is 10.1 Å². The van der Waals surface area contributed by atoms with Gasteiger partial charge in [-0.25, -0.2) is 4.98 Å². The number of thiazole rings is 1. The van der Waals surface area contributed by atoms with Gasteiger partial charge in [0.2, 0.25) is 0 Å². The van der Waals surface area contributed by atoms with E-state index in [0.29, 0.717) is 6.42 Å². The Balaban J connectivity index is 2.04. The summed E-state index contributed by atoms with van der Waals surface area (Å²) in [5, 5.41) is 16.6. The normalized spacial score (nSPS) is 13.0. The molecule has 0 aliphatic carbocycles. The molecule has 0 aromatic carbocycles. The smallest absolute Gasteiger partial charge is 0.0954 e. The lowest BCUT2D eigenvalue weighted by molar-refractivity contribution is 0.179. The maximum Gasteiger partial charge on any atom is 0.0954 e. The second-order valence-electron chi connectivity index (χ2n) is 2.70. The van der Waals surface area contributed by atoms with Gasteiger partial charge < -0.3 is 5.11 Å². The molecule has 13 heavy (non-hydrogen) atoms. The van der Waals surface area contributed by atoms with Crippen molar-refractivity contribution >= 4 is 22.7 Å². The van der Waals surface area contributed by atoms with Crippen molar-refractivity contribution in [3.63, 3.8) is 0 Å². The van der Waals surface area contributed by atoms with Crippen LogP contribution in [0.3, 0.4) is 0 Å². The zero-order chi connectivity index (χ0) is 9.10. The van der Waals surface area contributed by atoms with E-state index >= 15 is 0 Å². The standard InChI is InChI=1S/C9H9NOS2/c11-8(7-1-3-12-6-7)5-9-10-2-4-13-9/h1-4,6,8,11H,5H2. The first-order valence-corrected chi connectivity index (χ1v) is 5.77. The summed E-state index contributed by atoms with van der Waals surface area (Å²) >= 11 is 3.18. The molecule has 0 aliphatic heterocycles. The Morgan fingerprint density at radius 2 is 2.38 bits per heavy atom. The third kappa shape index (κ3) is 2.15. The molecule has 1 atom stereocenters. The molecule has 2 aromatic rings. The first kappa shape index (κ1) is 8.87. The molecule has 0 bridgehead atoms. The van der Waals surface area contributed by atoms with Gasteiger partial charge in [0.25, 0.3) is 0 Å². The van der Waals surface area contributed by atoms with E-state index in [0.717, 1.165) is 10.6 Å². The molecule has 0 saturated heterocycles. The Morgan fingerprint density at radius 1 is 1.46 bits per heavy atom. The van der Waals surface area contributed by atoms with Crippen molar-refractivity contribution < 1.29 is 5.11 Å². The minimum atomic E-state index is -0.405. The fourth-order valence-corrected chi connectivity index (χ4v) is 2.46. The van der Waals surface area contributed by atoms with Gasteiger partial charge in [0.15, 0.2) is 0 Å². The average molecular weight is 211 g/mol. The van der Waals surface area contributed by atoms with E-state index in [1.54, 1.807) is 28.9 Å². The van der Waals surface area contributed by atoms with Crippen LogP contribution in [0.2, 0.25) is 0 Å². The Bertz CT molecular complexity index is 342. The van der Waals surface area contributed by atoms with Crippen molar-refractivity contribution in [3.05, 3.63) is 39.0 Å². The number of aliphatic hydroxyl groups excluding tert-OH is 1. The average Bonchev–Trinajstić information content (AvgIpc) is 2.74. The van der Waals surface area contributed by atoms with Gasteiger partial charge in [0.1, 0.15) is 0 Å². The van der Waals surface area contributed by atoms with Gasteiger partial charge in [-0.2, -0.15) is 11.3 Å². The summed E-state index contributed by atoms with van der Waals surface area (Å²) in [7, 11) is 0. The van der Waals surface area contributed by atoms with Gasteiger partial charge in [0, 0.05) is 18.0 Å². The van der Waals surface area contributed by atoms with Crippen LogP contribution in [0.1, 0.15) is 16.7 Å². The Morgan fingerprint density at radius 3 is 3.00 bits per heavy atom. The Hall–Kier alpha value is -0.710. The van der Waals surface area contributed by atoms with E-state index in [4.69, 9.17) is 0 Å². The van der Waals surface area contributed by atoms with E-state index in [1.165, 1.54) is 0 Å². The number of hydrogen-bond acceptors (Lipinski definition) is 4. The van der Waals surface area contributed by atoms with Crippen molar-refractivity contribution in [1.82, 2.24) is 4.98 Å². The molecule has 0 amide bonds. The maximum absolute atomic E-state index is 9.75. The Kier molecular flexibility index (Phi) is 2.73. The molecule has 0 radical (unpaired) electrons. The highest BCUT2D eigenvalue weighted by Gasteiger charge is 2.09. The summed E-state index contributed by atoms with van der Waals surface area (Å²) in [5.74, 6) is 0. The van der Waals surface area contributed by atoms with Crippen molar-refractivity contribution in [1.29, 1.82) is 0 Å². The molecule has 0 fully saturated rings. The molecular weight excluding hydrogens is 202 g/mol. The lowest BCUT2D eigenvalue weighted by Crippen LogP contribution is -1.99. The highest BCUT2D eigenvalue weighted by Crippen LogP contribution is 2.21. The highest BCUT2D eigenvalue weighted by molar-refractivity contribution is 7.09. The number of nitrogens with zero attached hydrogens (tertiary/aromatic N) is 1. The molecule has 2 nitrogen and oxygen atoms in total. The SMILES string of the molecule is OC(Cc1nccs1)c1ccsc1. The molecule has 2 rings (SSSR count). The molecule has 68 valence electrons. The van der Waals surface area contributed by atoms with Crippen LogP contribution in [0.25, 0.3) is 0 Å². The summed E-state index contributed by atoms with van der Waals surface area (Å²) in [6.07, 6.45) is 1.98. The van der Waals surface area contributed by atoms with Crippen LogP contribution < -0.4 is 0 Å². The second-order valence-corrected chi connectivity index (χ2v) is 4.46. The first-order valence-electron chi connectivity index (χ1n) is 3.95. The molecule has 1 N–H and O–H groups in total. The largest absolute Gasteiger partial charge is 0.388 e. The zero-order valence-electron chi connectivity index (χ0n) is 6.88. The van der Waals surface area contributed by atoms with Crippen LogP contribution in [0.15, 0.2) is 28.4 Å². The predicted octanol–water partition coefficient (Wildman–Crippen LogP) is 2.48. The van der Waals surface area contributed by atoms with Crippen molar-refractivity contribution in [3.8, 4) is 0 Å². The first-order chi connectivity index (χ1) is 6.36. The quantitative estimate of drug-likeness (QED) is 0.846. The molecule has 1 unspecified atom stereocenters. The number of rotatable bonds is 3. The van der Waals surface area contributed by atoms with Crippen molar-refractivity contribution in [2.75, 3.05) is 0 Å². The maximum atomic E-state index is 9.75. The summed E-state index contributed by atoms with van der Waals surface area (Å²) in [5.41, 5.74) is 0.986. The van der Waals surface area contributed by atoms with Gasteiger partial charge in [-0.05, 0) is 22.4 Å².